The van der Waals surface area contributed by atoms with Crippen LogP contribution < -0.4 is 4.90 Å². The molecule has 3 nitrogen and oxygen atoms in total. The maximum atomic E-state index is 11.8. The summed E-state index contributed by atoms with van der Waals surface area (Å²) in [4.78, 5) is 15.7. The lowest BCUT2D eigenvalue weighted by Gasteiger charge is -2.35. The lowest BCUT2D eigenvalue weighted by atomic mass is 10.1. The van der Waals surface area contributed by atoms with Crippen LogP contribution >= 0.6 is 0 Å². The minimum absolute atomic E-state index is 0.116. The van der Waals surface area contributed by atoms with Gasteiger partial charge in [-0.25, -0.2) is 0 Å². The van der Waals surface area contributed by atoms with Crippen molar-refractivity contribution >= 4 is 11.6 Å². The van der Waals surface area contributed by atoms with Crippen molar-refractivity contribution < 1.29 is 4.79 Å². The maximum Gasteiger partial charge on any atom is 0.257 e. The molecule has 3 heteroatoms. The molecule has 1 aliphatic rings. The van der Waals surface area contributed by atoms with E-state index in [1.807, 2.05) is 31.3 Å². The minimum Gasteiger partial charge on any atom is -0.353 e. The molecule has 0 bridgehead atoms. The standard InChI is InChI=1S/C11H14N2O/c1-3-13-8-12(2)11(14)9-6-4-5-7-10(9)13/h4-7H,3,8H2,1-2H3. The van der Waals surface area contributed by atoms with E-state index in [0.29, 0.717) is 6.67 Å². The largest absolute Gasteiger partial charge is 0.353 e. The third-order valence-electron chi connectivity index (χ3n) is 2.59. The number of fused-ring (bicyclic) bond motifs is 1. The normalized spacial score (nSPS) is 15.7. The molecular formula is C11H14N2O. The minimum atomic E-state index is 0.116. The van der Waals surface area contributed by atoms with Crippen molar-refractivity contribution in [3.05, 3.63) is 29.8 Å². The van der Waals surface area contributed by atoms with Gasteiger partial charge in [0.15, 0.2) is 0 Å². The molecule has 0 radical (unpaired) electrons. The summed E-state index contributed by atoms with van der Waals surface area (Å²) >= 11 is 0. The van der Waals surface area contributed by atoms with Crippen molar-refractivity contribution in [1.29, 1.82) is 0 Å². The van der Waals surface area contributed by atoms with Crippen LogP contribution in [0.5, 0.6) is 0 Å². The second-order valence-corrected chi connectivity index (χ2v) is 3.52. The van der Waals surface area contributed by atoms with E-state index < -0.39 is 0 Å². The number of hydrogen-bond acceptors (Lipinski definition) is 2. The zero-order valence-electron chi connectivity index (χ0n) is 8.53. The number of hydrogen-bond donors (Lipinski definition) is 0. The highest BCUT2D eigenvalue weighted by molar-refractivity contribution is 6.01. The topological polar surface area (TPSA) is 23.6 Å². The second kappa shape index (κ2) is 3.33. The molecule has 2 rings (SSSR count). The van der Waals surface area contributed by atoms with Gasteiger partial charge in [-0.05, 0) is 19.1 Å². The van der Waals surface area contributed by atoms with Gasteiger partial charge in [0.25, 0.3) is 5.91 Å². The molecule has 1 heterocycles. The van der Waals surface area contributed by atoms with Crippen LogP contribution in [0.2, 0.25) is 0 Å². The van der Waals surface area contributed by atoms with E-state index in [1.54, 1.807) is 4.90 Å². The Labute approximate surface area is 83.9 Å². The number of carbonyl (C=O) groups excluding carboxylic acids is 1. The lowest BCUT2D eigenvalue weighted by Crippen LogP contribution is -2.44. The Morgan fingerprint density at radius 1 is 1.36 bits per heavy atom. The van der Waals surface area contributed by atoms with Gasteiger partial charge in [0, 0.05) is 13.6 Å². The molecule has 1 aromatic carbocycles. The van der Waals surface area contributed by atoms with Crippen molar-refractivity contribution in [3.63, 3.8) is 0 Å². The van der Waals surface area contributed by atoms with E-state index in [9.17, 15) is 4.79 Å². The first-order valence-electron chi connectivity index (χ1n) is 4.83. The lowest BCUT2D eigenvalue weighted by molar-refractivity contribution is 0.0783. The van der Waals surface area contributed by atoms with Crippen LogP contribution in [0.25, 0.3) is 0 Å². The van der Waals surface area contributed by atoms with Crippen molar-refractivity contribution in [2.24, 2.45) is 0 Å². The van der Waals surface area contributed by atoms with E-state index in [0.717, 1.165) is 17.8 Å². The number of nitrogens with zero attached hydrogens (tertiary/aromatic N) is 2. The summed E-state index contributed by atoms with van der Waals surface area (Å²) in [6.07, 6.45) is 0. The Morgan fingerprint density at radius 3 is 2.79 bits per heavy atom. The third kappa shape index (κ3) is 1.25. The SMILES string of the molecule is CCN1CN(C)C(=O)c2ccccc21. The van der Waals surface area contributed by atoms with Crippen LogP contribution in [0, 0.1) is 0 Å². The Hall–Kier alpha value is -1.51. The molecule has 1 aliphatic heterocycles. The highest BCUT2D eigenvalue weighted by Crippen LogP contribution is 2.25. The number of rotatable bonds is 1. The molecule has 0 aliphatic carbocycles. The molecule has 1 aromatic rings. The molecule has 0 fully saturated rings. The van der Waals surface area contributed by atoms with Gasteiger partial charge < -0.3 is 9.80 Å². The molecule has 14 heavy (non-hydrogen) atoms. The molecule has 0 saturated heterocycles. The van der Waals surface area contributed by atoms with Crippen LogP contribution in [0.1, 0.15) is 17.3 Å². The Bertz CT molecular complexity index is 362. The van der Waals surface area contributed by atoms with Crippen molar-refractivity contribution in [1.82, 2.24) is 4.90 Å². The average Bonchev–Trinajstić information content (AvgIpc) is 2.23. The van der Waals surface area contributed by atoms with E-state index in [1.165, 1.54) is 0 Å². The van der Waals surface area contributed by atoms with Crippen molar-refractivity contribution in [2.75, 3.05) is 25.2 Å². The van der Waals surface area contributed by atoms with Gasteiger partial charge in [-0.1, -0.05) is 12.1 Å². The molecule has 0 N–H and O–H groups in total. The summed E-state index contributed by atoms with van der Waals surface area (Å²) in [6, 6.07) is 7.77. The van der Waals surface area contributed by atoms with E-state index in [-0.39, 0.29) is 5.91 Å². The number of para-hydroxylation sites is 1. The van der Waals surface area contributed by atoms with E-state index >= 15 is 0 Å². The number of carbonyl (C=O) groups is 1. The predicted octanol–water partition coefficient (Wildman–Crippen LogP) is 1.56. The third-order valence-corrected chi connectivity index (χ3v) is 2.59. The van der Waals surface area contributed by atoms with Crippen molar-refractivity contribution in [3.8, 4) is 0 Å². The molecule has 1 amide bonds. The Balaban J connectivity index is 2.49. The zero-order chi connectivity index (χ0) is 10.1. The average molecular weight is 190 g/mol. The van der Waals surface area contributed by atoms with Gasteiger partial charge in [0.2, 0.25) is 0 Å². The molecule has 74 valence electrons. The number of benzene rings is 1. The highest BCUT2D eigenvalue weighted by atomic mass is 16.2. The fourth-order valence-corrected chi connectivity index (χ4v) is 1.80. The first kappa shape index (κ1) is 9.06. The zero-order valence-corrected chi connectivity index (χ0v) is 8.53. The summed E-state index contributed by atoms with van der Waals surface area (Å²) in [5.41, 5.74) is 1.86. The summed E-state index contributed by atoms with van der Waals surface area (Å²) in [7, 11) is 1.83. The van der Waals surface area contributed by atoms with E-state index in [2.05, 4.69) is 11.8 Å². The fraction of sp³-hybridized carbons (Fsp3) is 0.364. The highest BCUT2D eigenvalue weighted by Gasteiger charge is 2.24. The fourth-order valence-electron chi connectivity index (χ4n) is 1.80. The van der Waals surface area contributed by atoms with Gasteiger partial charge in [0.05, 0.1) is 17.9 Å². The predicted molar refractivity (Wildman–Crippen MR) is 56.4 cm³/mol. The first-order valence-corrected chi connectivity index (χ1v) is 4.83. The van der Waals surface area contributed by atoms with Gasteiger partial charge in [0.1, 0.15) is 0 Å². The maximum absolute atomic E-state index is 11.8. The number of anilines is 1. The molecule has 0 aromatic heterocycles. The molecule has 0 spiro atoms. The Morgan fingerprint density at radius 2 is 2.07 bits per heavy atom. The van der Waals surface area contributed by atoms with Gasteiger partial charge >= 0.3 is 0 Å². The summed E-state index contributed by atoms with van der Waals surface area (Å²) in [5, 5.41) is 0. The molecule has 0 unspecified atom stereocenters. The van der Waals surface area contributed by atoms with Gasteiger partial charge in [-0.3, -0.25) is 4.79 Å². The van der Waals surface area contributed by atoms with Crippen LogP contribution in [-0.4, -0.2) is 31.1 Å². The molecular weight excluding hydrogens is 176 g/mol. The molecule has 0 saturated carbocycles. The monoisotopic (exact) mass is 190 g/mol. The number of amides is 1. The summed E-state index contributed by atoms with van der Waals surface area (Å²) in [5.74, 6) is 0.116. The summed E-state index contributed by atoms with van der Waals surface area (Å²) in [6.45, 7) is 3.71. The van der Waals surface area contributed by atoms with Crippen molar-refractivity contribution in [2.45, 2.75) is 6.92 Å². The van der Waals surface area contributed by atoms with Gasteiger partial charge in [-0.15, -0.1) is 0 Å². The van der Waals surface area contributed by atoms with Crippen LogP contribution in [0.3, 0.4) is 0 Å². The second-order valence-electron chi connectivity index (χ2n) is 3.52. The quantitative estimate of drug-likeness (QED) is 0.671. The van der Waals surface area contributed by atoms with E-state index in [4.69, 9.17) is 0 Å². The summed E-state index contributed by atoms with van der Waals surface area (Å²) < 4.78 is 0. The van der Waals surface area contributed by atoms with Crippen LogP contribution in [0.15, 0.2) is 24.3 Å². The van der Waals surface area contributed by atoms with Crippen LogP contribution in [0.4, 0.5) is 5.69 Å². The van der Waals surface area contributed by atoms with Crippen LogP contribution in [-0.2, 0) is 0 Å². The molecule has 0 atom stereocenters. The Kier molecular flexibility index (Phi) is 2.15. The van der Waals surface area contributed by atoms with Gasteiger partial charge in [-0.2, -0.15) is 0 Å². The smallest absolute Gasteiger partial charge is 0.257 e. The first-order chi connectivity index (χ1) is 6.74.